The topological polar surface area (TPSA) is 106 Å². The van der Waals surface area contributed by atoms with E-state index < -0.39 is 15.4 Å². The number of hydrogen-bond acceptors (Lipinski definition) is 6. The standard InChI is InChI=1S/C8H8N4O3S/c1-4-10-5-3-9-8(16(2,14)15)12-6(5)7(13)11-4/h3H,1-2H3,(H,10,11,13). The molecule has 2 heterocycles. The minimum absolute atomic E-state index is 0.0268. The van der Waals surface area contributed by atoms with Crippen LogP contribution in [0.5, 0.6) is 0 Å². The van der Waals surface area contributed by atoms with Crippen molar-refractivity contribution in [2.75, 3.05) is 6.26 Å². The second-order valence-corrected chi connectivity index (χ2v) is 5.22. The molecule has 0 fully saturated rings. The Morgan fingerprint density at radius 1 is 1.31 bits per heavy atom. The Hall–Kier alpha value is -1.83. The van der Waals surface area contributed by atoms with Crippen molar-refractivity contribution >= 4 is 20.9 Å². The van der Waals surface area contributed by atoms with E-state index in [9.17, 15) is 13.2 Å². The van der Waals surface area contributed by atoms with Gasteiger partial charge in [-0.25, -0.2) is 23.4 Å². The first kappa shape index (κ1) is 10.7. The number of aromatic amines is 1. The maximum absolute atomic E-state index is 11.5. The molecule has 0 spiro atoms. The van der Waals surface area contributed by atoms with Crippen LogP contribution >= 0.6 is 0 Å². The summed E-state index contributed by atoms with van der Waals surface area (Å²) >= 11 is 0. The number of aryl methyl sites for hydroxylation is 1. The molecule has 0 aliphatic rings. The normalized spacial score (nSPS) is 11.9. The van der Waals surface area contributed by atoms with Crippen molar-refractivity contribution in [2.45, 2.75) is 12.1 Å². The largest absolute Gasteiger partial charge is 0.309 e. The van der Waals surface area contributed by atoms with Gasteiger partial charge in [0.2, 0.25) is 15.0 Å². The van der Waals surface area contributed by atoms with Gasteiger partial charge in [0.15, 0.2) is 5.52 Å². The van der Waals surface area contributed by atoms with Gasteiger partial charge in [0.1, 0.15) is 11.3 Å². The first-order chi connectivity index (χ1) is 7.38. The average molecular weight is 240 g/mol. The Kier molecular flexibility index (Phi) is 2.23. The molecule has 16 heavy (non-hydrogen) atoms. The third kappa shape index (κ3) is 1.78. The van der Waals surface area contributed by atoms with E-state index in [0.717, 1.165) is 6.26 Å². The molecule has 7 nitrogen and oxygen atoms in total. The maximum atomic E-state index is 11.5. The first-order valence-corrected chi connectivity index (χ1v) is 6.21. The zero-order valence-electron chi connectivity index (χ0n) is 8.55. The summed E-state index contributed by atoms with van der Waals surface area (Å²) in [5.41, 5.74) is -0.232. The van der Waals surface area contributed by atoms with E-state index >= 15 is 0 Å². The lowest BCUT2D eigenvalue weighted by Crippen LogP contribution is -2.14. The lowest BCUT2D eigenvalue weighted by Gasteiger charge is -1.99. The van der Waals surface area contributed by atoms with E-state index in [1.165, 1.54) is 6.20 Å². The molecule has 84 valence electrons. The molecular weight excluding hydrogens is 232 g/mol. The van der Waals surface area contributed by atoms with Gasteiger partial charge < -0.3 is 4.98 Å². The van der Waals surface area contributed by atoms with Crippen LogP contribution in [0.25, 0.3) is 11.0 Å². The van der Waals surface area contributed by atoms with Gasteiger partial charge in [-0.2, -0.15) is 0 Å². The summed E-state index contributed by atoms with van der Waals surface area (Å²) in [4.78, 5) is 25.3. The van der Waals surface area contributed by atoms with Crippen LogP contribution in [0.3, 0.4) is 0 Å². The van der Waals surface area contributed by atoms with Gasteiger partial charge in [0, 0.05) is 6.26 Å². The molecule has 0 aliphatic carbocycles. The summed E-state index contributed by atoms with van der Waals surface area (Å²) in [6, 6.07) is 0. The highest BCUT2D eigenvalue weighted by Gasteiger charge is 2.13. The molecular formula is C8H8N4O3S. The van der Waals surface area contributed by atoms with Crippen molar-refractivity contribution < 1.29 is 8.42 Å². The zero-order chi connectivity index (χ0) is 11.9. The Bertz CT molecular complexity index is 720. The quantitative estimate of drug-likeness (QED) is 0.669. The van der Waals surface area contributed by atoms with Crippen molar-refractivity contribution in [3.8, 4) is 0 Å². The number of nitrogens with one attached hydrogen (secondary N) is 1. The Morgan fingerprint density at radius 2 is 2.00 bits per heavy atom. The SMILES string of the molecule is Cc1nc2cnc(S(C)(=O)=O)nc2c(=O)[nH]1. The molecule has 0 amide bonds. The van der Waals surface area contributed by atoms with E-state index in [2.05, 4.69) is 19.9 Å². The van der Waals surface area contributed by atoms with Crippen molar-refractivity contribution in [1.29, 1.82) is 0 Å². The maximum Gasteiger partial charge on any atom is 0.277 e. The van der Waals surface area contributed by atoms with Gasteiger partial charge >= 0.3 is 0 Å². The van der Waals surface area contributed by atoms with E-state index in [1.54, 1.807) is 6.92 Å². The number of sulfone groups is 1. The second-order valence-electron chi connectivity index (χ2n) is 3.31. The molecule has 0 unspecified atom stereocenters. The highest BCUT2D eigenvalue weighted by Crippen LogP contribution is 2.06. The second kappa shape index (κ2) is 3.34. The molecule has 0 bridgehead atoms. The molecule has 8 heteroatoms. The fourth-order valence-corrected chi connectivity index (χ4v) is 1.72. The van der Waals surface area contributed by atoms with Gasteiger partial charge in [-0.05, 0) is 6.92 Å². The highest BCUT2D eigenvalue weighted by molar-refractivity contribution is 7.90. The summed E-state index contributed by atoms with van der Waals surface area (Å²) in [5, 5.41) is -0.379. The van der Waals surface area contributed by atoms with Gasteiger partial charge in [0.05, 0.1) is 6.20 Å². The highest BCUT2D eigenvalue weighted by atomic mass is 32.2. The molecule has 0 aromatic carbocycles. The van der Waals surface area contributed by atoms with Crippen LogP contribution in [-0.4, -0.2) is 34.6 Å². The fraction of sp³-hybridized carbons (Fsp3) is 0.250. The van der Waals surface area contributed by atoms with Crippen molar-refractivity contribution in [2.24, 2.45) is 0 Å². The van der Waals surface area contributed by atoms with Crippen LogP contribution < -0.4 is 5.56 Å². The summed E-state index contributed by atoms with van der Waals surface area (Å²) in [6.45, 7) is 1.62. The third-order valence-electron chi connectivity index (χ3n) is 1.88. The van der Waals surface area contributed by atoms with Crippen LogP contribution in [0, 0.1) is 6.92 Å². The average Bonchev–Trinajstić information content (AvgIpc) is 2.15. The molecule has 0 saturated carbocycles. The monoisotopic (exact) mass is 240 g/mol. The Balaban J connectivity index is 2.87. The fourth-order valence-electron chi connectivity index (χ4n) is 1.22. The van der Waals surface area contributed by atoms with Gasteiger partial charge in [-0.3, -0.25) is 4.79 Å². The van der Waals surface area contributed by atoms with E-state index in [0.29, 0.717) is 5.82 Å². The number of fused-ring (bicyclic) bond motifs is 1. The summed E-state index contributed by atoms with van der Waals surface area (Å²) in [6.07, 6.45) is 2.20. The van der Waals surface area contributed by atoms with Gasteiger partial charge in [-0.1, -0.05) is 0 Å². The smallest absolute Gasteiger partial charge is 0.277 e. The Morgan fingerprint density at radius 3 is 2.62 bits per heavy atom. The molecule has 2 aromatic rings. The summed E-state index contributed by atoms with van der Waals surface area (Å²) < 4.78 is 22.4. The first-order valence-electron chi connectivity index (χ1n) is 4.31. The predicted octanol–water partition coefficient (Wildman–Crippen LogP) is -0.575. The Labute approximate surface area is 90.5 Å². The lowest BCUT2D eigenvalue weighted by atomic mass is 10.4. The zero-order valence-corrected chi connectivity index (χ0v) is 9.37. The minimum atomic E-state index is -3.52. The van der Waals surface area contributed by atoms with Gasteiger partial charge in [-0.15, -0.1) is 0 Å². The number of H-pyrrole nitrogens is 1. The van der Waals surface area contributed by atoms with E-state index in [-0.39, 0.29) is 16.2 Å². The lowest BCUT2D eigenvalue weighted by molar-refractivity contribution is 0.593. The van der Waals surface area contributed by atoms with E-state index in [1.807, 2.05) is 0 Å². The van der Waals surface area contributed by atoms with Crippen LogP contribution in [0.1, 0.15) is 5.82 Å². The molecule has 2 rings (SSSR count). The van der Waals surface area contributed by atoms with E-state index in [4.69, 9.17) is 0 Å². The van der Waals surface area contributed by atoms with Crippen LogP contribution in [-0.2, 0) is 9.84 Å². The number of rotatable bonds is 1. The summed E-state index contributed by atoms with van der Waals surface area (Å²) in [7, 11) is -3.52. The van der Waals surface area contributed by atoms with Crippen molar-refractivity contribution in [3.63, 3.8) is 0 Å². The van der Waals surface area contributed by atoms with Crippen molar-refractivity contribution in [1.82, 2.24) is 19.9 Å². The number of hydrogen-bond donors (Lipinski definition) is 1. The number of aromatic nitrogens is 4. The third-order valence-corrected chi connectivity index (χ3v) is 2.74. The molecule has 0 aliphatic heterocycles. The number of nitrogens with zero attached hydrogens (tertiary/aromatic N) is 3. The van der Waals surface area contributed by atoms with Gasteiger partial charge in [0.25, 0.3) is 5.56 Å². The predicted molar refractivity (Wildman–Crippen MR) is 55.8 cm³/mol. The minimum Gasteiger partial charge on any atom is -0.309 e. The van der Waals surface area contributed by atoms with Crippen LogP contribution in [0.15, 0.2) is 16.1 Å². The molecule has 1 N–H and O–H groups in total. The van der Waals surface area contributed by atoms with Crippen LogP contribution in [0.2, 0.25) is 0 Å². The molecule has 0 radical (unpaired) electrons. The molecule has 0 saturated heterocycles. The molecule has 0 atom stereocenters. The van der Waals surface area contributed by atoms with Crippen LogP contribution in [0.4, 0.5) is 0 Å². The summed E-state index contributed by atoms with van der Waals surface area (Å²) in [5.74, 6) is 0.424. The molecule has 2 aromatic heterocycles. The van der Waals surface area contributed by atoms with Crippen molar-refractivity contribution in [3.05, 3.63) is 22.4 Å².